The fourth-order valence-corrected chi connectivity index (χ4v) is 1.89. The van der Waals surface area contributed by atoms with Crippen molar-refractivity contribution in [2.45, 2.75) is 19.8 Å². The second-order valence-electron chi connectivity index (χ2n) is 4.28. The summed E-state index contributed by atoms with van der Waals surface area (Å²) in [6, 6.07) is 8.17. The quantitative estimate of drug-likeness (QED) is 0.694. The van der Waals surface area contributed by atoms with Crippen LogP contribution in [-0.4, -0.2) is 23.9 Å². The molecular weight excluding hydrogens is 198 g/mol. The molecule has 0 saturated carbocycles. The van der Waals surface area contributed by atoms with Gasteiger partial charge in [-0.15, -0.1) is 0 Å². The molecule has 0 unspecified atom stereocenters. The minimum Gasteiger partial charge on any atom is -0.339 e. The standard InChI is InChI=1S/C14H17NO/c1-12-4-6-13(7-5-12)8-9-14(16)15-10-2-3-11-15/h4-9H,2-3,10-11H2,1H3. The maximum Gasteiger partial charge on any atom is 0.246 e. The SMILES string of the molecule is Cc1ccc(C=CC(=O)N2CCCC2)cc1. The van der Waals surface area contributed by atoms with Crippen LogP contribution in [0.15, 0.2) is 30.3 Å². The molecule has 84 valence electrons. The Labute approximate surface area is 96.6 Å². The predicted octanol–water partition coefficient (Wildman–Crippen LogP) is 2.63. The van der Waals surface area contributed by atoms with E-state index >= 15 is 0 Å². The first-order valence-corrected chi connectivity index (χ1v) is 5.79. The van der Waals surface area contributed by atoms with Crippen LogP contribution in [0.4, 0.5) is 0 Å². The second kappa shape index (κ2) is 4.97. The first-order valence-electron chi connectivity index (χ1n) is 5.79. The first kappa shape index (κ1) is 10.9. The van der Waals surface area contributed by atoms with Crippen molar-refractivity contribution in [3.8, 4) is 0 Å². The molecule has 0 radical (unpaired) electrons. The van der Waals surface area contributed by atoms with E-state index in [4.69, 9.17) is 0 Å². The summed E-state index contributed by atoms with van der Waals surface area (Å²) in [6.45, 7) is 3.89. The molecule has 2 rings (SSSR count). The van der Waals surface area contributed by atoms with Gasteiger partial charge in [-0.05, 0) is 31.4 Å². The lowest BCUT2D eigenvalue weighted by Gasteiger charge is -2.11. The minimum atomic E-state index is 0.137. The van der Waals surface area contributed by atoms with Gasteiger partial charge in [-0.2, -0.15) is 0 Å². The number of hydrogen-bond acceptors (Lipinski definition) is 1. The van der Waals surface area contributed by atoms with Crippen molar-refractivity contribution >= 4 is 12.0 Å². The minimum absolute atomic E-state index is 0.137. The van der Waals surface area contributed by atoms with Gasteiger partial charge in [0.05, 0.1) is 0 Å². The van der Waals surface area contributed by atoms with E-state index in [0.29, 0.717) is 0 Å². The molecule has 0 N–H and O–H groups in total. The molecule has 1 aliphatic rings. The number of likely N-dealkylation sites (tertiary alicyclic amines) is 1. The predicted molar refractivity (Wildman–Crippen MR) is 66.0 cm³/mol. The number of amides is 1. The number of carbonyl (C=O) groups is 1. The highest BCUT2D eigenvalue weighted by Crippen LogP contribution is 2.09. The number of hydrogen-bond donors (Lipinski definition) is 0. The lowest BCUT2D eigenvalue weighted by atomic mass is 10.1. The van der Waals surface area contributed by atoms with Gasteiger partial charge in [0.25, 0.3) is 0 Å². The molecule has 1 fully saturated rings. The number of carbonyl (C=O) groups excluding carboxylic acids is 1. The van der Waals surface area contributed by atoms with Crippen LogP contribution in [0.3, 0.4) is 0 Å². The topological polar surface area (TPSA) is 20.3 Å². The summed E-state index contributed by atoms with van der Waals surface area (Å²) < 4.78 is 0. The highest BCUT2D eigenvalue weighted by atomic mass is 16.2. The highest BCUT2D eigenvalue weighted by molar-refractivity contribution is 5.91. The Morgan fingerprint density at radius 3 is 2.44 bits per heavy atom. The summed E-state index contributed by atoms with van der Waals surface area (Å²) >= 11 is 0. The smallest absolute Gasteiger partial charge is 0.246 e. The van der Waals surface area contributed by atoms with Gasteiger partial charge in [-0.25, -0.2) is 0 Å². The van der Waals surface area contributed by atoms with E-state index in [0.717, 1.165) is 31.5 Å². The Hall–Kier alpha value is -1.57. The number of aryl methyl sites for hydroxylation is 1. The average molecular weight is 215 g/mol. The third-order valence-corrected chi connectivity index (χ3v) is 2.91. The fourth-order valence-electron chi connectivity index (χ4n) is 1.89. The maximum atomic E-state index is 11.7. The molecular formula is C14H17NO. The molecule has 1 aliphatic heterocycles. The van der Waals surface area contributed by atoms with Gasteiger partial charge in [0.1, 0.15) is 0 Å². The van der Waals surface area contributed by atoms with Crippen LogP contribution in [-0.2, 0) is 4.79 Å². The van der Waals surface area contributed by atoms with Gasteiger partial charge in [0.15, 0.2) is 0 Å². The molecule has 1 heterocycles. The molecule has 0 aromatic heterocycles. The Kier molecular flexibility index (Phi) is 3.40. The van der Waals surface area contributed by atoms with E-state index in [1.165, 1.54) is 5.56 Å². The van der Waals surface area contributed by atoms with Crippen LogP contribution >= 0.6 is 0 Å². The molecule has 16 heavy (non-hydrogen) atoms. The molecule has 0 aliphatic carbocycles. The van der Waals surface area contributed by atoms with Crippen LogP contribution in [0.2, 0.25) is 0 Å². The van der Waals surface area contributed by atoms with Crippen molar-refractivity contribution in [1.82, 2.24) is 4.90 Å². The lowest BCUT2D eigenvalue weighted by Crippen LogP contribution is -2.25. The molecule has 1 saturated heterocycles. The van der Waals surface area contributed by atoms with Crippen LogP contribution < -0.4 is 0 Å². The molecule has 2 nitrogen and oxygen atoms in total. The van der Waals surface area contributed by atoms with Crippen molar-refractivity contribution < 1.29 is 4.79 Å². The summed E-state index contributed by atoms with van der Waals surface area (Å²) in [7, 11) is 0. The largest absolute Gasteiger partial charge is 0.339 e. The third-order valence-electron chi connectivity index (χ3n) is 2.91. The normalized spacial score (nSPS) is 15.9. The van der Waals surface area contributed by atoms with Gasteiger partial charge in [-0.3, -0.25) is 4.79 Å². The van der Waals surface area contributed by atoms with E-state index < -0.39 is 0 Å². The highest BCUT2D eigenvalue weighted by Gasteiger charge is 2.14. The molecule has 0 bridgehead atoms. The Balaban J connectivity index is 1.97. The van der Waals surface area contributed by atoms with Crippen molar-refractivity contribution in [3.63, 3.8) is 0 Å². The van der Waals surface area contributed by atoms with Crippen LogP contribution in [0, 0.1) is 6.92 Å². The molecule has 2 heteroatoms. The van der Waals surface area contributed by atoms with Crippen molar-refractivity contribution in [2.75, 3.05) is 13.1 Å². The maximum absolute atomic E-state index is 11.7. The summed E-state index contributed by atoms with van der Waals surface area (Å²) in [5.74, 6) is 0.137. The monoisotopic (exact) mass is 215 g/mol. The summed E-state index contributed by atoms with van der Waals surface area (Å²) in [5, 5.41) is 0. The molecule has 0 spiro atoms. The third kappa shape index (κ3) is 2.72. The van der Waals surface area contributed by atoms with Crippen molar-refractivity contribution in [2.24, 2.45) is 0 Å². The number of nitrogens with zero attached hydrogens (tertiary/aromatic N) is 1. The first-order chi connectivity index (χ1) is 7.75. The van der Waals surface area contributed by atoms with Gasteiger partial charge in [0, 0.05) is 19.2 Å². The van der Waals surface area contributed by atoms with Crippen molar-refractivity contribution in [3.05, 3.63) is 41.5 Å². The average Bonchev–Trinajstić information content (AvgIpc) is 2.81. The number of rotatable bonds is 2. The van der Waals surface area contributed by atoms with Gasteiger partial charge >= 0.3 is 0 Å². The fraction of sp³-hybridized carbons (Fsp3) is 0.357. The molecule has 1 aromatic carbocycles. The summed E-state index contributed by atoms with van der Waals surface area (Å²) in [4.78, 5) is 13.6. The molecule has 1 amide bonds. The van der Waals surface area contributed by atoms with Gasteiger partial charge < -0.3 is 4.90 Å². The second-order valence-corrected chi connectivity index (χ2v) is 4.28. The summed E-state index contributed by atoms with van der Waals surface area (Å²) in [6.07, 6.45) is 5.85. The number of benzene rings is 1. The molecule has 1 aromatic rings. The van der Waals surface area contributed by atoms with Crippen LogP contribution in [0.25, 0.3) is 6.08 Å². The van der Waals surface area contributed by atoms with E-state index in [1.807, 2.05) is 23.1 Å². The van der Waals surface area contributed by atoms with Crippen molar-refractivity contribution in [1.29, 1.82) is 0 Å². The zero-order valence-electron chi connectivity index (χ0n) is 9.65. The van der Waals surface area contributed by atoms with Crippen LogP contribution in [0.1, 0.15) is 24.0 Å². The Morgan fingerprint density at radius 2 is 1.81 bits per heavy atom. The molecule has 0 atom stereocenters. The van der Waals surface area contributed by atoms with E-state index in [9.17, 15) is 4.79 Å². The van der Waals surface area contributed by atoms with E-state index in [2.05, 4.69) is 19.1 Å². The Morgan fingerprint density at radius 1 is 1.19 bits per heavy atom. The van der Waals surface area contributed by atoms with E-state index in [1.54, 1.807) is 6.08 Å². The lowest BCUT2D eigenvalue weighted by molar-refractivity contribution is -0.124. The summed E-state index contributed by atoms with van der Waals surface area (Å²) in [5.41, 5.74) is 2.32. The van der Waals surface area contributed by atoms with E-state index in [-0.39, 0.29) is 5.91 Å². The van der Waals surface area contributed by atoms with Crippen LogP contribution in [0.5, 0.6) is 0 Å². The Bertz CT molecular complexity index is 386. The zero-order chi connectivity index (χ0) is 11.4. The van der Waals surface area contributed by atoms with Gasteiger partial charge in [0.2, 0.25) is 5.91 Å². The van der Waals surface area contributed by atoms with Gasteiger partial charge in [-0.1, -0.05) is 29.8 Å². The zero-order valence-corrected chi connectivity index (χ0v) is 9.65.